The SMILES string of the molecule is CC(C)(N)C(=O)N1CCCC1c1cncc(Oc2ccc(F)cc2)n1. The predicted octanol–water partition coefficient (Wildman–Crippen LogP) is 2.81. The summed E-state index contributed by atoms with van der Waals surface area (Å²) in [6.07, 6.45) is 4.81. The highest BCUT2D eigenvalue weighted by Gasteiger charge is 2.37. The Morgan fingerprint density at radius 3 is 2.72 bits per heavy atom. The Kier molecular flexibility index (Phi) is 4.67. The molecule has 1 aromatic carbocycles. The molecule has 1 fully saturated rings. The van der Waals surface area contributed by atoms with E-state index in [1.54, 1.807) is 24.9 Å². The van der Waals surface area contributed by atoms with Gasteiger partial charge in [0, 0.05) is 6.54 Å². The topological polar surface area (TPSA) is 81.3 Å². The molecule has 1 aliphatic rings. The Labute approximate surface area is 145 Å². The molecule has 7 heteroatoms. The molecule has 1 saturated heterocycles. The summed E-state index contributed by atoms with van der Waals surface area (Å²) in [5, 5.41) is 0. The summed E-state index contributed by atoms with van der Waals surface area (Å²) in [4.78, 5) is 22.9. The lowest BCUT2D eigenvalue weighted by Crippen LogP contribution is -2.50. The molecular weight excluding hydrogens is 323 g/mol. The third-order valence-corrected chi connectivity index (χ3v) is 4.07. The van der Waals surface area contributed by atoms with Crippen LogP contribution >= 0.6 is 0 Å². The van der Waals surface area contributed by atoms with Crippen LogP contribution in [0.3, 0.4) is 0 Å². The second-order valence-corrected chi connectivity index (χ2v) is 6.72. The minimum atomic E-state index is -0.932. The number of carbonyl (C=O) groups is 1. The van der Waals surface area contributed by atoms with Gasteiger partial charge in [-0.05, 0) is 51.0 Å². The first-order chi connectivity index (χ1) is 11.8. The number of nitrogens with two attached hydrogens (primary N) is 1. The Morgan fingerprint density at radius 1 is 1.32 bits per heavy atom. The molecule has 1 amide bonds. The van der Waals surface area contributed by atoms with Crippen molar-refractivity contribution in [2.45, 2.75) is 38.3 Å². The maximum atomic E-state index is 13.0. The van der Waals surface area contributed by atoms with Crippen molar-refractivity contribution in [1.29, 1.82) is 0 Å². The van der Waals surface area contributed by atoms with Crippen molar-refractivity contribution in [2.24, 2.45) is 5.73 Å². The van der Waals surface area contributed by atoms with Gasteiger partial charge in [-0.2, -0.15) is 0 Å². The number of benzene rings is 1. The lowest BCUT2D eigenvalue weighted by atomic mass is 10.0. The number of likely N-dealkylation sites (tertiary alicyclic amines) is 1. The van der Waals surface area contributed by atoms with Crippen LogP contribution in [0.4, 0.5) is 4.39 Å². The van der Waals surface area contributed by atoms with E-state index in [1.807, 2.05) is 0 Å². The molecular formula is C18H21FN4O2. The van der Waals surface area contributed by atoms with Gasteiger partial charge in [0.2, 0.25) is 11.8 Å². The summed E-state index contributed by atoms with van der Waals surface area (Å²) in [5.74, 6) is 0.323. The van der Waals surface area contributed by atoms with Crippen molar-refractivity contribution in [1.82, 2.24) is 14.9 Å². The Hall–Kier alpha value is -2.54. The predicted molar refractivity (Wildman–Crippen MR) is 90.5 cm³/mol. The smallest absolute Gasteiger partial charge is 0.242 e. The first-order valence-corrected chi connectivity index (χ1v) is 8.20. The number of hydrogen-bond donors (Lipinski definition) is 1. The lowest BCUT2D eigenvalue weighted by molar-refractivity contribution is -0.136. The van der Waals surface area contributed by atoms with Gasteiger partial charge in [0.25, 0.3) is 0 Å². The molecule has 132 valence electrons. The molecule has 25 heavy (non-hydrogen) atoms. The monoisotopic (exact) mass is 344 g/mol. The van der Waals surface area contributed by atoms with Crippen molar-refractivity contribution in [2.75, 3.05) is 6.54 Å². The Balaban J connectivity index is 1.80. The number of carbonyl (C=O) groups excluding carboxylic acids is 1. The van der Waals surface area contributed by atoms with Crippen molar-refractivity contribution >= 4 is 5.91 Å². The molecule has 6 nitrogen and oxygen atoms in total. The standard InChI is InChI=1S/C18H21FN4O2/c1-18(2,20)17(24)23-9-3-4-15(23)14-10-21-11-16(22-14)25-13-7-5-12(19)6-8-13/h5-8,10-11,15H,3-4,9,20H2,1-2H3. The van der Waals surface area contributed by atoms with E-state index in [-0.39, 0.29) is 17.8 Å². The van der Waals surface area contributed by atoms with Crippen LogP contribution in [0.2, 0.25) is 0 Å². The summed E-state index contributed by atoms with van der Waals surface area (Å²) in [5.41, 5.74) is 5.69. The van der Waals surface area contributed by atoms with Crippen molar-refractivity contribution in [3.05, 3.63) is 48.2 Å². The zero-order valence-corrected chi connectivity index (χ0v) is 14.3. The quantitative estimate of drug-likeness (QED) is 0.922. The number of rotatable bonds is 4. The van der Waals surface area contributed by atoms with Gasteiger partial charge in [-0.1, -0.05) is 0 Å². The number of ether oxygens (including phenoxy) is 1. The molecule has 2 N–H and O–H groups in total. The van der Waals surface area contributed by atoms with Gasteiger partial charge in [0.05, 0.1) is 29.7 Å². The van der Waals surface area contributed by atoms with E-state index in [2.05, 4.69) is 9.97 Å². The Bertz CT molecular complexity index is 758. The van der Waals surface area contributed by atoms with Crippen molar-refractivity contribution in [3.63, 3.8) is 0 Å². The van der Waals surface area contributed by atoms with Crippen molar-refractivity contribution < 1.29 is 13.9 Å². The third-order valence-electron chi connectivity index (χ3n) is 4.07. The van der Waals surface area contributed by atoms with E-state index in [1.165, 1.54) is 30.5 Å². The van der Waals surface area contributed by atoms with Crippen LogP contribution in [0.15, 0.2) is 36.7 Å². The van der Waals surface area contributed by atoms with Gasteiger partial charge in [0.15, 0.2) is 0 Å². The molecule has 2 aromatic rings. The molecule has 1 atom stereocenters. The van der Waals surface area contributed by atoms with Crippen LogP contribution in [-0.4, -0.2) is 32.9 Å². The summed E-state index contributed by atoms with van der Waals surface area (Å²) < 4.78 is 18.6. The normalized spacial score (nSPS) is 17.6. The number of halogens is 1. The van der Waals surface area contributed by atoms with Gasteiger partial charge < -0.3 is 15.4 Å². The zero-order chi connectivity index (χ0) is 18.0. The fraction of sp³-hybridized carbons (Fsp3) is 0.389. The maximum absolute atomic E-state index is 13.0. The molecule has 1 aliphatic heterocycles. The first-order valence-electron chi connectivity index (χ1n) is 8.20. The van der Waals surface area contributed by atoms with Gasteiger partial charge in [0.1, 0.15) is 11.6 Å². The molecule has 1 unspecified atom stereocenters. The fourth-order valence-electron chi connectivity index (χ4n) is 2.88. The summed E-state index contributed by atoms with van der Waals surface area (Å²) in [7, 11) is 0. The second-order valence-electron chi connectivity index (χ2n) is 6.72. The van der Waals surface area contributed by atoms with Crippen LogP contribution < -0.4 is 10.5 Å². The molecule has 0 aliphatic carbocycles. The van der Waals surface area contributed by atoms with Crippen molar-refractivity contribution in [3.8, 4) is 11.6 Å². The van der Waals surface area contributed by atoms with Crippen LogP contribution in [0.1, 0.15) is 38.4 Å². The van der Waals surface area contributed by atoms with E-state index in [0.717, 1.165) is 12.8 Å². The number of aromatic nitrogens is 2. The van der Waals surface area contributed by atoms with Gasteiger partial charge in [-0.15, -0.1) is 0 Å². The average molecular weight is 344 g/mol. The lowest BCUT2D eigenvalue weighted by Gasteiger charge is -2.30. The molecule has 0 radical (unpaired) electrons. The zero-order valence-electron chi connectivity index (χ0n) is 14.3. The van der Waals surface area contributed by atoms with Crippen LogP contribution in [-0.2, 0) is 4.79 Å². The number of nitrogens with zero attached hydrogens (tertiary/aromatic N) is 3. The highest BCUT2D eigenvalue weighted by molar-refractivity contribution is 5.85. The van der Waals surface area contributed by atoms with Gasteiger partial charge in [-0.3, -0.25) is 9.78 Å². The molecule has 0 bridgehead atoms. The van der Waals surface area contributed by atoms with E-state index < -0.39 is 5.54 Å². The van der Waals surface area contributed by atoms with Crippen LogP contribution in [0.5, 0.6) is 11.6 Å². The molecule has 1 aromatic heterocycles. The largest absolute Gasteiger partial charge is 0.437 e. The first kappa shape index (κ1) is 17.3. The highest BCUT2D eigenvalue weighted by atomic mass is 19.1. The highest BCUT2D eigenvalue weighted by Crippen LogP contribution is 2.33. The molecule has 3 rings (SSSR count). The minimum Gasteiger partial charge on any atom is -0.437 e. The molecule has 0 spiro atoms. The number of amides is 1. The second kappa shape index (κ2) is 6.76. The van der Waals surface area contributed by atoms with Crippen LogP contribution in [0.25, 0.3) is 0 Å². The third kappa shape index (κ3) is 3.93. The van der Waals surface area contributed by atoms with Gasteiger partial charge in [-0.25, -0.2) is 9.37 Å². The van der Waals surface area contributed by atoms with Crippen LogP contribution in [0, 0.1) is 5.82 Å². The summed E-state index contributed by atoms with van der Waals surface area (Å²) in [6, 6.07) is 5.50. The summed E-state index contributed by atoms with van der Waals surface area (Å²) >= 11 is 0. The van der Waals surface area contributed by atoms with E-state index in [0.29, 0.717) is 23.9 Å². The Morgan fingerprint density at radius 2 is 2.04 bits per heavy atom. The van der Waals surface area contributed by atoms with Gasteiger partial charge >= 0.3 is 0 Å². The molecule has 0 saturated carbocycles. The number of hydrogen-bond acceptors (Lipinski definition) is 5. The van der Waals surface area contributed by atoms with E-state index in [9.17, 15) is 9.18 Å². The molecule has 2 heterocycles. The fourth-order valence-corrected chi connectivity index (χ4v) is 2.88. The average Bonchev–Trinajstić information content (AvgIpc) is 3.05. The summed E-state index contributed by atoms with van der Waals surface area (Å²) in [6.45, 7) is 4.05. The van der Waals surface area contributed by atoms with E-state index in [4.69, 9.17) is 10.5 Å². The minimum absolute atomic E-state index is 0.110. The van der Waals surface area contributed by atoms with E-state index >= 15 is 0 Å². The maximum Gasteiger partial charge on any atom is 0.242 e.